The average Bonchev–Trinajstić information content (AvgIpc) is 1.56. The minimum Gasteiger partial charge on any atom is -0.462 e. The lowest BCUT2D eigenvalue weighted by molar-refractivity contribution is -0.870. The molecule has 0 aliphatic heterocycles. The summed E-state index contributed by atoms with van der Waals surface area (Å²) >= 11 is 0. The van der Waals surface area contributed by atoms with Crippen molar-refractivity contribution in [3.8, 4) is 0 Å². The van der Waals surface area contributed by atoms with Gasteiger partial charge in [-0.05, 0) is 128 Å². The number of carbonyl (C=O) groups excluding carboxylic acids is 2. The zero-order valence-corrected chi connectivity index (χ0v) is 62.0. The van der Waals surface area contributed by atoms with Gasteiger partial charge in [0.1, 0.15) is 19.8 Å². The molecule has 0 spiro atoms. The van der Waals surface area contributed by atoms with Crippen molar-refractivity contribution in [2.24, 2.45) is 0 Å². The average molecular weight is 1330 g/mol. The number of carbonyl (C=O) groups is 2. The van der Waals surface area contributed by atoms with Crippen LogP contribution >= 0.6 is 7.82 Å². The molecule has 0 radical (unpaired) electrons. The molecule has 0 heterocycles. The molecule has 0 amide bonds. The van der Waals surface area contributed by atoms with Gasteiger partial charge in [-0.15, -0.1) is 0 Å². The fraction of sp³-hybridized carbons (Fsp3) is 0.667. The van der Waals surface area contributed by atoms with Crippen LogP contribution in [0.25, 0.3) is 0 Å². The van der Waals surface area contributed by atoms with Gasteiger partial charge in [0.05, 0.1) is 27.7 Å². The first-order valence-corrected chi connectivity index (χ1v) is 39.7. The Balaban J connectivity index is 4.09. The molecule has 0 fully saturated rings. The first-order chi connectivity index (χ1) is 46.0. The van der Waals surface area contributed by atoms with Gasteiger partial charge in [-0.2, -0.15) is 0 Å². The lowest BCUT2D eigenvalue weighted by atomic mass is 10.0. The predicted molar refractivity (Wildman–Crippen MR) is 408 cm³/mol. The van der Waals surface area contributed by atoms with Crippen LogP contribution < -0.4 is 0 Å². The summed E-state index contributed by atoms with van der Waals surface area (Å²) in [6, 6.07) is 0. The van der Waals surface area contributed by atoms with Gasteiger partial charge in [0.15, 0.2) is 6.10 Å². The van der Waals surface area contributed by atoms with Crippen LogP contribution in [0.3, 0.4) is 0 Å². The van der Waals surface area contributed by atoms with Gasteiger partial charge in [0, 0.05) is 12.8 Å². The summed E-state index contributed by atoms with van der Waals surface area (Å²) in [7, 11) is 1.45. The van der Waals surface area contributed by atoms with E-state index in [2.05, 4.69) is 172 Å². The topological polar surface area (TPSA) is 108 Å². The summed E-state index contributed by atoms with van der Waals surface area (Å²) in [5, 5.41) is 0. The Bertz CT molecular complexity index is 2150. The highest BCUT2D eigenvalue weighted by molar-refractivity contribution is 7.47. The SMILES string of the molecule is CC/C=C\C/C=C\C/C=C\C/C=C\C/C=C\C/C=C\C/C=C\C/C=C\C/C=C\C/C=C\CCCCCCCCC(=O)OC(COC(=O)CCCCCCCCCCCCCCCCCCCC/C=C\C/C=C\C/C=C\CCCCCCC)COP(=O)(O)OCC[N+](C)(C)C. The van der Waals surface area contributed by atoms with E-state index in [-0.39, 0.29) is 32.0 Å². The van der Waals surface area contributed by atoms with Crippen molar-refractivity contribution >= 4 is 19.8 Å². The Kier molecular flexibility index (Phi) is 69.5. The first kappa shape index (κ1) is 89.6. The van der Waals surface area contributed by atoms with Crippen molar-refractivity contribution in [1.82, 2.24) is 0 Å². The third-order valence-corrected chi connectivity index (χ3v) is 17.0. The van der Waals surface area contributed by atoms with Gasteiger partial charge < -0.3 is 18.9 Å². The lowest BCUT2D eigenvalue weighted by Gasteiger charge is -2.24. The molecule has 2 unspecified atom stereocenters. The minimum absolute atomic E-state index is 0.0217. The van der Waals surface area contributed by atoms with Crippen LogP contribution in [0.4, 0.5) is 0 Å². The number of phosphoric ester groups is 1. The van der Waals surface area contributed by atoms with Crippen LogP contribution in [0, 0.1) is 0 Å². The number of nitrogens with zero attached hydrogens (tertiary/aromatic N) is 1. The number of hydrogen-bond donors (Lipinski definition) is 1. The molecule has 0 aromatic heterocycles. The van der Waals surface area contributed by atoms with E-state index in [9.17, 15) is 19.0 Å². The standard InChI is InChI=1S/C84H142NO8P/c1-6-8-10-12-14-16-18-20-22-24-26-28-30-32-34-36-38-40-41-42-43-45-47-49-51-53-55-57-59-61-63-65-67-69-71-73-75-77-84(87)93-82(81-92-94(88,89)91-79-78-85(3,4)5)80-90-83(86)76-74-72-70-68-66-64-62-60-58-56-54-52-50-48-46-44-39-37-35-33-31-29-27-25-23-21-19-17-15-13-11-9-7-2/h8,10,14,16,19-22,25-28,31-34,38,40,42-43,47,49,53,55,59,61,82H,6-7,9,11-13,15,17-18,23-24,29-30,35-37,39,41,44-46,48,50-52,54,56-58,60,62-81H2,1-5H3/p+1/b10-8-,16-14-,21-19-,22-20-,27-25-,28-26-,33-31-,34-32-,40-38-,43-42-,49-47-,55-53-,61-59-. The second-order valence-electron chi connectivity index (χ2n) is 26.3. The third-order valence-electron chi connectivity index (χ3n) is 16.0. The lowest BCUT2D eigenvalue weighted by Crippen LogP contribution is -2.37. The molecular weight excluding hydrogens is 1180 g/mol. The Morgan fingerprint density at radius 2 is 0.606 bits per heavy atom. The molecule has 536 valence electrons. The van der Waals surface area contributed by atoms with Crippen LogP contribution in [0.5, 0.6) is 0 Å². The number of likely N-dealkylation sites (N-methyl/N-ethyl adjacent to an activating group) is 1. The molecule has 0 bridgehead atoms. The fourth-order valence-electron chi connectivity index (χ4n) is 10.2. The van der Waals surface area contributed by atoms with Crippen LogP contribution in [0.15, 0.2) is 158 Å². The molecule has 0 aliphatic carbocycles. The van der Waals surface area contributed by atoms with Crippen molar-refractivity contribution < 1.29 is 42.1 Å². The second kappa shape index (κ2) is 72.9. The van der Waals surface area contributed by atoms with Gasteiger partial charge in [-0.3, -0.25) is 18.6 Å². The fourth-order valence-corrected chi connectivity index (χ4v) is 11.0. The summed E-state index contributed by atoms with van der Waals surface area (Å²) < 4.78 is 34.8. The second-order valence-corrected chi connectivity index (χ2v) is 27.8. The highest BCUT2D eigenvalue weighted by atomic mass is 31.2. The van der Waals surface area contributed by atoms with E-state index in [1.165, 1.54) is 141 Å². The molecule has 0 rings (SSSR count). The van der Waals surface area contributed by atoms with E-state index in [1.807, 2.05) is 21.1 Å². The van der Waals surface area contributed by atoms with Crippen molar-refractivity contribution in [3.05, 3.63) is 158 Å². The van der Waals surface area contributed by atoms with Gasteiger partial charge in [-0.25, -0.2) is 4.57 Å². The highest BCUT2D eigenvalue weighted by Crippen LogP contribution is 2.43. The van der Waals surface area contributed by atoms with Crippen LogP contribution in [-0.4, -0.2) is 74.9 Å². The maximum absolute atomic E-state index is 12.9. The summed E-state index contributed by atoms with van der Waals surface area (Å²) in [6.07, 6.45) is 109. The number of hydrogen-bond acceptors (Lipinski definition) is 7. The minimum atomic E-state index is -4.41. The summed E-state index contributed by atoms with van der Waals surface area (Å²) in [5.41, 5.74) is 0. The molecular formula is C84H143NO8P+. The molecule has 9 nitrogen and oxygen atoms in total. The Morgan fingerprint density at radius 1 is 0.340 bits per heavy atom. The van der Waals surface area contributed by atoms with Gasteiger partial charge in [0.2, 0.25) is 0 Å². The monoisotopic (exact) mass is 1330 g/mol. The summed E-state index contributed by atoms with van der Waals surface area (Å²) in [4.78, 5) is 36.0. The van der Waals surface area contributed by atoms with Crippen molar-refractivity contribution in [1.29, 1.82) is 0 Å². The zero-order valence-electron chi connectivity index (χ0n) is 61.1. The van der Waals surface area contributed by atoms with Crippen molar-refractivity contribution in [2.45, 2.75) is 315 Å². The van der Waals surface area contributed by atoms with E-state index in [0.717, 1.165) is 135 Å². The van der Waals surface area contributed by atoms with Gasteiger partial charge in [-0.1, -0.05) is 326 Å². The molecule has 0 saturated heterocycles. The highest BCUT2D eigenvalue weighted by Gasteiger charge is 2.27. The largest absolute Gasteiger partial charge is 0.472 e. The number of unbranched alkanes of at least 4 members (excludes halogenated alkanes) is 29. The first-order valence-electron chi connectivity index (χ1n) is 38.2. The maximum Gasteiger partial charge on any atom is 0.472 e. The van der Waals surface area contributed by atoms with E-state index in [0.29, 0.717) is 17.4 Å². The zero-order chi connectivity index (χ0) is 68.3. The number of phosphoric acid groups is 1. The maximum atomic E-state index is 12.9. The van der Waals surface area contributed by atoms with Crippen LogP contribution in [0.2, 0.25) is 0 Å². The van der Waals surface area contributed by atoms with E-state index >= 15 is 0 Å². The number of quaternary nitrogens is 1. The number of ether oxygens (including phenoxy) is 2. The Hall–Kier alpha value is -4.37. The summed E-state index contributed by atoms with van der Waals surface area (Å²) in [5.74, 6) is -0.815. The molecule has 94 heavy (non-hydrogen) atoms. The molecule has 0 aromatic rings. The molecule has 0 aromatic carbocycles. The molecule has 0 aliphatic rings. The number of rotatable bonds is 69. The van der Waals surface area contributed by atoms with E-state index in [4.69, 9.17) is 18.5 Å². The molecule has 2 atom stereocenters. The predicted octanol–water partition coefficient (Wildman–Crippen LogP) is 25.5. The Labute approximate surface area is 579 Å². The van der Waals surface area contributed by atoms with Crippen LogP contribution in [0.1, 0.15) is 309 Å². The normalized spacial score (nSPS) is 14.0. The number of allylic oxidation sites excluding steroid dienone is 26. The van der Waals surface area contributed by atoms with Crippen molar-refractivity contribution in [3.63, 3.8) is 0 Å². The smallest absolute Gasteiger partial charge is 0.462 e. The van der Waals surface area contributed by atoms with E-state index in [1.54, 1.807) is 0 Å². The Morgan fingerprint density at radius 3 is 0.904 bits per heavy atom. The summed E-state index contributed by atoms with van der Waals surface area (Å²) in [6.45, 7) is 4.30. The molecule has 1 N–H and O–H groups in total. The van der Waals surface area contributed by atoms with Crippen molar-refractivity contribution in [2.75, 3.05) is 47.5 Å². The molecule has 10 heteroatoms. The van der Waals surface area contributed by atoms with Gasteiger partial charge >= 0.3 is 19.8 Å². The van der Waals surface area contributed by atoms with Crippen LogP contribution in [-0.2, 0) is 32.7 Å². The van der Waals surface area contributed by atoms with E-state index < -0.39 is 26.5 Å². The third kappa shape index (κ3) is 76.6. The van der Waals surface area contributed by atoms with Gasteiger partial charge in [0.25, 0.3) is 0 Å². The molecule has 0 saturated carbocycles. The number of esters is 2. The quantitative estimate of drug-likeness (QED) is 0.0211.